The van der Waals surface area contributed by atoms with Crippen LogP contribution in [0.2, 0.25) is 0 Å². The summed E-state index contributed by atoms with van der Waals surface area (Å²) < 4.78 is 4.66. The fourth-order valence-electron chi connectivity index (χ4n) is 0.978. The molecule has 0 rings (SSSR count). The van der Waals surface area contributed by atoms with Gasteiger partial charge in [0.05, 0.1) is 0 Å². The molecule has 0 aromatic heterocycles. The van der Waals surface area contributed by atoms with Crippen LogP contribution in [-0.2, 0) is 9.53 Å². The number of nitrogens with zero attached hydrogens (tertiary/aromatic N) is 2. The van der Waals surface area contributed by atoms with E-state index in [4.69, 9.17) is 10.9 Å². The molecule has 0 saturated carbocycles. The van der Waals surface area contributed by atoms with Gasteiger partial charge in [-0.3, -0.25) is 14.9 Å². The van der Waals surface area contributed by atoms with E-state index in [9.17, 15) is 14.9 Å². The van der Waals surface area contributed by atoms with Crippen LogP contribution < -0.4 is 5.73 Å². The van der Waals surface area contributed by atoms with Crippen molar-refractivity contribution in [2.75, 3.05) is 13.7 Å². The van der Waals surface area contributed by atoms with Gasteiger partial charge in [-0.05, 0) is 13.0 Å². The van der Waals surface area contributed by atoms with E-state index in [0.717, 1.165) is 6.08 Å². The van der Waals surface area contributed by atoms with E-state index in [1.54, 1.807) is 0 Å². The Bertz CT molecular complexity index is 337. The lowest BCUT2D eigenvalue weighted by atomic mass is 10.1. The zero-order chi connectivity index (χ0) is 12.7. The van der Waals surface area contributed by atoms with E-state index in [1.165, 1.54) is 14.0 Å². The molecule has 16 heavy (non-hydrogen) atoms. The highest BCUT2D eigenvalue weighted by atomic mass is 16.6. The Labute approximate surface area is 91.5 Å². The minimum Gasteiger partial charge on any atom is -0.410 e. The predicted octanol–water partition coefficient (Wildman–Crippen LogP) is -0.460. The first-order chi connectivity index (χ1) is 7.43. The maximum Gasteiger partial charge on any atom is 0.270 e. The van der Waals surface area contributed by atoms with Gasteiger partial charge in [-0.2, -0.15) is 0 Å². The van der Waals surface area contributed by atoms with Crippen molar-refractivity contribution in [1.29, 1.82) is 0 Å². The average Bonchev–Trinajstić information content (AvgIpc) is 2.21. The Hall–Kier alpha value is -1.96. The summed E-state index contributed by atoms with van der Waals surface area (Å²) in [6.07, 6.45) is 1.05. The summed E-state index contributed by atoms with van der Waals surface area (Å²) in [4.78, 5) is 20.8. The molecule has 8 heteroatoms. The van der Waals surface area contributed by atoms with E-state index >= 15 is 0 Å². The van der Waals surface area contributed by atoms with E-state index in [1.807, 2.05) is 0 Å². The van der Waals surface area contributed by atoms with Crippen LogP contribution in [0.5, 0.6) is 0 Å². The molecule has 1 atom stereocenters. The lowest BCUT2D eigenvalue weighted by Crippen LogP contribution is -2.28. The first kappa shape index (κ1) is 14.0. The summed E-state index contributed by atoms with van der Waals surface area (Å²) in [5.41, 5.74) is 4.63. The Morgan fingerprint density at radius 3 is 2.62 bits per heavy atom. The number of primary amides is 1. The van der Waals surface area contributed by atoms with Crippen molar-refractivity contribution in [2.24, 2.45) is 10.9 Å². The number of hydrogen-bond acceptors (Lipinski definition) is 6. The average molecular weight is 231 g/mol. The molecule has 90 valence electrons. The Morgan fingerprint density at radius 2 is 2.31 bits per heavy atom. The van der Waals surface area contributed by atoms with Gasteiger partial charge in [-0.15, -0.1) is 0 Å². The topological polar surface area (TPSA) is 128 Å². The van der Waals surface area contributed by atoms with Crippen LogP contribution in [0, 0.1) is 10.1 Å². The van der Waals surface area contributed by atoms with Crippen molar-refractivity contribution < 1.29 is 19.7 Å². The van der Waals surface area contributed by atoms with Crippen LogP contribution in [0.3, 0.4) is 0 Å². The number of carbonyl (C=O) groups excluding carboxylic acids is 1. The third-order valence-corrected chi connectivity index (χ3v) is 1.83. The lowest BCUT2D eigenvalue weighted by molar-refractivity contribution is -0.515. The number of hydrogen-bond donors (Lipinski definition) is 2. The number of carbonyl (C=O) groups is 1. The third kappa shape index (κ3) is 4.05. The van der Waals surface area contributed by atoms with Gasteiger partial charge in [0.15, 0.2) is 5.71 Å². The highest BCUT2D eigenvalue weighted by molar-refractivity contribution is 6.42. The number of nitro groups is 1. The molecular weight excluding hydrogens is 218 g/mol. The van der Waals surface area contributed by atoms with Crippen LogP contribution in [0.1, 0.15) is 6.92 Å². The summed E-state index contributed by atoms with van der Waals surface area (Å²) in [6.45, 7) is 1.27. The predicted molar refractivity (Wildman–Crippen MR) is 54.8 cm³/mol. The van der Waals surface area contributed by atoms with Crippen LogP contribution in [0.25, 0.3) is 0 Å². The van der Waals surface area contributed by atoms with E-state index in [0.29, 0.717) is 0 Å². The second-order valence-electron chi connectivity index (χ2n) is 2.99. The number of amides is 1. The SMILES string of the molecule is COC[C@H](/C(C)=C/C(=N/O)C(N)=O)[N+](=O)[O-]. The molecule has 0 heterocycles. The quantitative estimate of drug-likeness (QED) is 0.276. The molecule has 0 fully saturated rings. The second kappa shape index (κ2) is 6.51. The monoisotopic (exact) mass is 231 g/mol. The molecule has 0 aliphatic rings. The van der Waals surface area contributed by atoms with Crippen LogP contribution >= 0.6 is 0 Å². The van der Waals surface area contributed by atoms with Crippen LogP contribution in [0.15, 0.2) is 16.8 Å². The number of methoxy groups -OCH3 is 1. The fourth-order valence-corrected chi connectivity index (χ4v) is 0.978. The summed E-state index contributed by atoms with van der Waals surface area (Å²) >= 11 is 0. The fraction of sp³-hybridized carbons (Fsp3) is 0.500. The maximum absolute atomic E-state index is 10.7. The van der Waals surface area contributed by atoms with Gasteiger partial charge >= 0.3 is 0 Å². The van der Waals surface area contributed by atoms with E-state index < -0.39 is 22.6 Å². The van der Waals surface area contributed by atoms with Crippen molar-refractivity contribution >= 4 is 11.6 Å². The van der Waals surface area contributed by atoms with E-state index in [-0.39, 0.29) is 12.2 Å². The molecule has 3 N–H and O–H groups in total. The highest BCUT2D eigenvalue weighted by Crippen LogP contribution is 2.06. The molecule has 0 radical (unpaired) electrons. The Morgan fingerprint density at radius 1 is 1.75 bits per heavy atom. The second-order valence-corrected chi connectivity index (χ2v) is 2.99. The molecule has 0 aromatic rings. The molecule has 0 aliphatic heterocycles. The standard InChI is InChI=1S/C8H13N3O5/c1-5(3-6(10-13)8(9)12)7(4-16-2)11(14)15/h3,7,13H,4H2,1-2H3,(H2,9,12)/b5-3+,10-6-/t7-/m1/s1. The van der Waals surface area contributed by atoms with Gasteiger partial charge in [0, 0.05) is 17.6 Å². The van der Waals surface area contributed by atoms with Gasteiger partial charge in [-0.25, -0.2) is 0 Å². The van der Waals surface area contributed by atoms with Crippen molar-refractivity contribution in [3.8, 4) is 0 Å². The Balaban J connectivity index is 4.98. The van der Waals surface area contributed by atoms with Gasteiger partial charge in [-0.1, -0.05) is 5.16 Å². The minimum atomic E-state index is -1.11. The molecular formula is C8H13N3O5. The molecule has 0 saturated heterocycles. The largest absolute Gasteiger partial charge is 0.410 e. The normalized spacial score (nSPS) is 14.6. The number of rotatable bonds is 6. The van der Waals surface area contributed by atoms with Gasteiger partial charge in [0.1, 0.15) is 6.61 Å². The zero-order valence-corrected chi connectivity index (χ0v) is 8.91. The first-order valence-corrected chi connectivity index (χ1v) is 4.26. The van der Waals surface area contributed by atoms with Crippen molar-refractivity contribution in [1.82, 2.24) is 0 Å². The lowest BCUT2D eigenvalue weighted by Gasteiger charge is -2.08. The summed E-state index contributed by atoms with van der Waals surface area (Å²) in [7, 11) is 1.32. The first-order valence-electron chi connectivity index (χ1n) is 4.26. The number of ether oxygens (including phenoxy) is 1. The van der Waals surface area contributed by atoms with Crippen LogP contribution in [0.4, 0.5) is 0 Å². The van der Waals surface area contributed by atoms with Crippen molar-refractivity contribution in [2.45, 2.75) is 13.0 Å². The van der Waals surface area contributed by atoms with Crippen LogP contribution in [-0.4, -0.2) is 41.5 Å². The molecule has 0 unspecified atom stereocenters. The van der Waals surface area contributed by atoms with Gasteiger partial charge < -0.3 is 15.7 Å². The van der Waals surface area contributed by atoms with Gasteiger partial charge in [0.25, 0.3) is 11.9 Å². The van der Waals surface area contributed by atoms with Crippen molar-refractivity contribution in [3.05, 3.63) is 21.8 Å². The summed E-state index contributed by atoms with van der Waals surface area (Å²) in [5, 5.41) is 21.7. The molecule has 8 nitrogen and oxygen atoms in total. The molecule has 0 aliphatic carbocycles. The number of nitrogens with two attached hydrogens (primary N) is 1. The third-order valence-electron chi connectivity index (χ3n) is 1.83. The summed E-state index contributed by atoms with van der Waals surface area (Å²) in [5.74, 6) is -0.971. The Kier molecular flexibility index (Phi) is 5.71. The molecule has 0 aromatic carbocycles. The zero-order valence-electron chi connectivity index (χ0n) is 8.91. The summed E-state index contributed by atoms with van der Waals surface area (Å²) in [6, 6.07) is -1.11. The smallest absolute Gasteiger partial charge is 0.270 e. The molecule has 0 spiro atoms. The van der Waals surface area contributed by atoms with Crippen molar-refractivity contribution in [3.63, 3.8) is 0 Å². The highest BCUT2D eigenvalue weighted by Gasteiger charge is 2.23. The number of oxime groups is 1. The maximum atomic E-state index is 10.7. The molecule has 1 amide bonds. The minimum absolute atomic E-state index is 0.146. The van der Waals surface area contributed by atoms with Gasteiger partial charge in [0.2, 0.25) is 0 Å². The van der Waals surface area contributed by atoms with E-state index in [2.05, 4.69) is 9.89 Å². The molecule has 0 bridgehead atoms.